The number of carbonyl (C=O) groups is 4. The van der Waals surface area contributed by atoms with Crippen LogP contribution >= 0.6 is 0 Å². The van der Waals surface area contributed by atoms with Gasteiger partial charge in [-0.25, -0.2) is 19.3 Å². The van der Waals surface area contributed by atoms with Gasteiger partial charge in [-0.15, -0.1) is 6.58 Å². The molecule has 4 amide bonds. The first-order chi connectivity index (χ1) is 31.8. The van der Waals surface area contributed by atoms with Crippen molar-refractivity contribution in [2.24, 2.45) is 0 Å². The molecule has 8 rings (SSSR count). The van der Waals surface area contributed by atoms with Gasteiger partial charge in [0.1, 0.15) is 17.0 Å². The van der Waals surface area contributed by atoms with Crippen molar-refractivity contribution in [1.29, 1.82) is 0 Å². The fourth-order valence-electron chi connectivity index (χ4n) is 8.47. The molecule has 2 aromatic carbocycles. The van der Waals surface area contributed by atoms with Crippen LogP contribution in [0.25, 0.3) is 16.9 Å². The highest BCUT2D eigenvalue weighted by molar-refractivity contribution is 6.23. The molecule has 344 valence electrons. The zero-order chi connectivity index (χ0) is 46.5. The van der Waals surface area contributed by atoms with Gasteiger partial charge in [0, 0.05) is 56.1 Å². The molecule has 6 heterocycles. The van der Waals surface area contributed by atoms with Crippen LogP contribution in [0, 0.1) is 0 Å². The van der Waals surface area contributed by atoms with E-state index in [1.165, 1.54) is 10.9 Å². The molecule has 18 nitrogen and oxygen atoms in total. The fourth-order valence-corrected chi connectivity index (χ4v) is 8.47. The summed E-state index contributed by atoms with van der Waals surface area (Å²) in [6.45, 7) is 15.0. The fraction of sp³-hybridized carbons (Fsp3) is 0.375. The van der Waals surface area contributed by atoms with Crippen LogP contribution in [0.2, 0.25) is 0 Å². The summed E-state index contributed by atoms with van der Waals surface area (Å²) in [6.07, 6.45) is 5.39. The van der Waals surface area contributed by atoms with Gasteiger partial charge in [-0.05, 0) is 87.6 Å². The van der Waals surface area contributed by atoms with Gasteiger partial charge in [0.05, 0.1) is 49.6 Å². The number of imide groups is 1. The van der Waals surface area contributed by atoms with E-state index in [4.69, 9.17) is 14.5 Å². The lowest BCUT2D eigenvalue weighted by atomic mass is 9.99. The Balaban J connectivity index is 0.750. The van der Waals surface area contributed by atoms with E-state index < -0.39 is 29.4 Å². The zero-order valence-electron chi connectivity index (χ0n) is 37.2. The Morgan fingerprint density at radius 1 is 0.939 bits per heavy atom. The number of rotatable bonds is 18. The summed E-state index contributed by atoms with van der Waals surface area (Å²) in [5.74, 6) is -0.531. The molecule has 2 fully saturated rings. The zero-order valence-corrected chi connectivity index (χ0v) is 37.2. The summed E-state index contributed by atoms with van der Waals surface area (Å²) in [6, 6.07) is 17.5. The van der Waals surface area contributed by atoms with Crippen molar-refractivity contribution in [2.75, 3.05) is 62.8 Å². The third-order valence-electron chi connectivity index (χ3n) is 11.9. The van der Waals surface area contributed by atoms with Crippen molar-refractivity contribution in [1.82, 2.24) is 39.4 Å². The average Bonchev–Trinajstić information content (AvgIpc) is 3.73. The number of pyridine rings is 1. The lowest BCUT2D eigenvalue weighted by Gasteiger charge is -2.36. The van der Waals surface area contributed by atoms with E-state index in [0.717, 1.165) is 21.8 Å². The first-order valence-corrected chi connectivity index (χ1v) is 22.2. The number of ether oxygens (including phenoxy) is 2. The highest BCUT2D eigenvalue weighted by atomic mass is 16.5. The number of aliphatic hydroxyl groups is 1. The largest absolute Gasteiger partial charge is 0.384 e. The Morgan fingerprint density at radius 2 is 1.68 bits per heavy atom. The predicted octanol–water partition coefficient (Wildman–Crippen LogP) is 4.23. The normalized spacial score (nSPS) is 16.5. The van der Waals surface area contributed by atoms with Gasteiger partial charge in [0.25, 0.3) is 17.4 Å². The average molecular weight is 899 g/mol. The van der Waals surface area contributed by atoms with Gasteiger partial charge in [0.2, 0.25) is 17.8 Å². The van der Waals surface area contributed by atoms with Gasteiger partial charge in [-0.2, -0.15) is 4.98 Å². The highest BCUT2D eigenvalue weighted by Crippen LogP contribution is 2.31. The second-order valence-electron chi connectivity index (χ2n) is 16.9. The van der Waals surface area contributed by atoms with Gasteiger partial charge in [0.15, 0.2) is 11.5 Å². The lowest BCUT2D eigenvalue weighted by molar-refractivity contribution is -0.132. The van der Waals surface area contributed by atoms with Crippen LogP contribution in [0.5, 0.6) is 0 Å². The van der Waals surface area contributed by atoms with Crippen molar-refractivity contribution in [3.8, 4) is 5.82 Å². The van der Waals surface area contributed by atoms with Crippen molar-refractivity contribution in [2.45, 2.75) is 64.1 Å². The van der Waals surface area contributed by atoms with Gasteiger partial charge in [-0.3, -0.25) is 28.9 Å². The number of fused-ring (bicyclic) bond motifs is 2. The number of carbonyl (C=O) groups excluding carboxylic acids is 4. The molecule has 2 saturated heterocycles. The van der Waals surface area contributed by atoms with Crippen LogP contribution in [0.1, 0.15) is 71.5 Å². The summed E-state index contributed by atoms with van der Waals surface area (Å²) in [5.41, 5.74) is 3.09. The van der Waals surface area contributed by atoms with E-state index in [-0.39, 0.29) is 37.0 Å². The Kier molecular flexibility index (Phi) is 13.5. The smallest absolute Gasteiger partial charge is 0.278 e. The van der Waals surface area contributed by atoms with Crippen molar-refractivity contribution >= 4 is 52.0 Å². The van der Waals surface area contributed by atoms with E-state index in [0.29, 0.717) is 111 Å². The maximum atomic E-state index is 13.4. The standard InChI is InChI=1S/C48H54N10O8/c1-5-21-56-44(61)36-30-49-47(53-42(36)58(56)39-13-7-12-38(52-39)48(3,4)64)51-33-15-17-34(18-16-33)54-22-24-55(25-23-54)40(59)20-27-66-29-28-65-26-8-10-32-9-6-11-35-41(32)46(63)57(45(35)62)37-19-14-31(2)50-43(37)60/h5-7,9,11-13,15-18,30,37,64H,1-2,8,10,14,19-29H2,3-4H3,(H,50,60)(H,49,51,53). The predicted molar refractivity (Wildman–Crippen MR) is 247 cm³/mol. The third-order valence-corrected chi connectivity index (χ3v) is 11.9. The lowest BCUT2D eigenvalue weighted by Crippen LogP contribution is -2.51. The Morgan fingerprint density at radius 3 is 2.41 bits per heavy atom. The van der Waals surface area contributed by atoms with Crippen LogP contribution in [0.4, 0.5) is 17.3 Å². The first-order valence-electron chi connectivity index (χ1n) is 22.2. The van der Waals surface area contributed by atoms with E-state index in [1.807, 2.05) is 35.2 Å². The molecular weight excluding hydrogens is 845 g/mol. The molecule has 66 heavy (non-hydrogen) atoms. The summed E-state index contributed by atoms with van der Waals surface area (Å²) < 4.78 is 14.5. The molecular formula is C48H54N10O8. The number of amides is 4. The molecule has 3 aliphatic heterocycles. The third kappa shape index (κ3) is 9.66. The Labute approximate surface area is 381 Å². The first kappa shape index (κ1) is 45.5. The van der Waals surface area contributed by atoms with Gasteiger partial charge < -0.3 is 35.0 Å². The van der Waals surface area contributed by atoms with Crippen molar-refractivity contribution in [3.05, 3.63) is 125 Å². The number of anilines is 3. The van der Waals surface area contributed by atoms with E-state index in [9.17, 15) is 29.1 Å². The molecule has 0 radical (unpaired) electrons. The maximum Gasteiger partial charge on any atom is 0.278 e. The molecule has 5 aromatic rings. The molecule has 3 aromatic heterocycles. The van der Waals surface area contributed by atoms with E-state index >= 15 is 0 Å². The molecule has 3 N–H and O–H groups in total. The minimum absolute atomic E-state index is 0.0367. The maximum absolute atomic E-state index is 13.4. The van der Waals surface area contributed by atoms with Gasteiger partial charge >= 0.3 is 0 Å². The van der Waals surface area contributed by atoms with E-state index in [1.54, 1.807) is 54.9 Å². The Hall–Kier alpha value is -7.02. The Bertz CT molecular complexity index is 2730. The van der Waals surface area contributed by atoms with Gasteiger partial charge in [-0.1, -0.05) is 30.9 Å². The van der Waals surface area contributed by atoms with Crippen LogP contribution in [-0.2, 0) is 37.6 Å². The van der Waals surface area contributed by atoms with Crippen LogP contribution in [-0.4, -0.2) is 121 Å². The minimum atomic E-state index is -1.19. The SMILES string of the molecule is C=CCn1c(=O)c2cnc(Nc3ccc(N4CCN(C(=O)CCOCCOCCCc5cccc6c5C(=O)N(C5CCC(=C)NC5=O)C6=O)CC4)cc3)nc2n1-c1cccc(C(C)(C)O)n1. The molecule has 18 heteroatoms. The summed E-state index contributed by atoms with van der Waals surface area (Å²) in [7, 11) is 0. The number of piperazine rings is 1. The number of piperidine rings is 1. The molecule has 0 saturated carbocycles. The molecule has 1 atom stereocenters. The highest BCUT2D eigenvalue weighted by Gasteiger charge is 2.44. The number of nitrogens with one attached hydrogen (secondary N) is 2. The quantitative estimate of drug-likeness (QED) is 0.0641. The van der Waals surface area contributed by atoms with Crippen LogP contribution < -0.4 is 21.1 Å². The number of aromatic nitrogens is 5. The topological polar surface area (TPSA) is 206 Å². The molecule has 0 aliphatic carbocycles. The summed E-state index contributed by atoms with van der Waals surface area (Å²) in [4.78, 5) is 84.4. The summed E-state index contributed by atoms with van der Waals surface area (Å²) >= 11 is 0. The van der Waals surface area contributed by atoms with Crippen molar-refractivity contribution < 1.29 is 33.8 Å². The number of hydrogen-bond donors (Lipinski definition) is 3. The minimum Gasteiger partial charge on any atom is -0.384 e. The molecule has 0 bridgehead atoms. The number of allylic oxidation sites excluding steroid dienone is 2. The molecule has 1 unspecified atom stereocenters. The molecule has 0 spiro atoms. The number of benzene rings is 2. The molecule has 3 aliphatic rings. The van der Waals surface area contributed by atoms with Crippen LogP contribution in [0.3, 0.4) is 0 Å². The van der Waals surface area contributed by atoms with Crippen molar-refractivity contribution in [3.63, 3.8) is 0 Å². The second kappa shape index (κ2) is 19.6. The number of aryl methyl sites for hydroxylation is 1. The second-order valence-corrected chi connectivity index (χ2v) is 16.9. The number of nitrogens with zero attached hydrogens (tertiary/aromatic N) is 8. The number of hydrogen-bond acceptors (Lipinski definition) is 13. The van der Waals surface area contributed by atoms with E-state index in [2.05, 4.69) is 38.7 Å². The van der Waals surface area contributed by atoms with Crippen LogP contribution in [0.15, 0.2) is 96.6 Å². The summed E-state index contributed by atoms with van der Waals surface area (Å²) in [5, 5.41) is 16.8. The monoisotopic (exact) mass is 898 g/mol.